The molecular formula is C12H13F3O4. The van der Waals surface area contributed by atoms with Crippen LogP contribution in [0.2, 0.25) is 0 Å². The van der Waals surface area contributed by atoms with Crippen LogP contribution in [-0.2, 0) is 6.42 Å². The Balaban J connectivity index is 3.18. The molecule has 0 saturated heterocycles. The highest BCUT2D eigenvalue weighted by Gasteiger charge is 2.28. The lowest BCUT2D eigenvalue weighted by Gasteiger charge is -2.14. The Morgan fingerprint density at radius 3 is 2.32 bits per heavy atom. The van der Waals surface area contributed by atoms with Crippen LogP contribution in [0.4, 0.5) is 13.2 Å². The lowest BCUT2D eigenvalue weighted by Crippen LogP contribution is -2.10. The largest absolute Gasteiger partial charge is 0.493 e. The summed E-state index contributed by atoms with van der Waals surface area (Å²) in [6.07, 6.45) is -5.75. The van der Waals surface area contributed by atoms with Gasteiger partial charge in [-0.15, -0.1) is 0 Å². The van der Waals surface area contributed by atoms with Crippen LogP contribution in [0.15, 0.2) is 12.1 Å². The molecule has 0 bridgehead atoms. The van der Waals surface area contributed by atoms with Crippen molar-refractivity contribution >= 4 is 5.97 Å². The van der Waals surface area contributed by atoms with E-state index in [9.17, 15) is 18.0 Å². The molecule has 0 heterocycles. The fraction of sp³-hybridized carbons (Fsp3) is 0.417. The summed E-state index contributed by atoms with van der Waals surface area (Å²) >= 11 is 0. The van der Waals surface area contributed by atoms with Crippen LogP contribution in [0, 0.1) is 0 Å². The van der Waals surface area contributed by atoms with Crippen molar-refractivity contribution in [2.24, 2.45) is 0 Å². The average Bonchev–Trinajstić information content (AvgIpc) is 2.33. The Morgan fingerprint density at radius 1 is 1.26 bits per heavy atom. The van der Waals surface area contributed by atoms with E-state index in [4.69, 9.17) is 14.6 Å². The Morgan fingerprint density at radius 2 is 1.89 bits per heavy atom. The van der Waals surface area contributed by atoms with Gasteiger partial charge in [0.1, 0.15) is 0 Å². The molecule has 0 spiro atoms. The van der Waals surface area contributed by atoms with Crippen molar-refractivity contribution in [1.82, 2.24) is 0 Å². The predicted molar refractivity (Wildman–Crippen MR) is 60.9 cm³/mol. The zero-order chi connectivity index (χ0) is 14.6. The van der Waals surface area contributed by atoms with Gasteiger partial charge in [0.2, 0.25) is 0 Å². The van der Waals surface area contributed by atoms with E-state index in [-0.39, 0.29) is 29.0 Å². The summed E-state index contributed by atoms with van der Waals surface area (Å²) in [6, 6.07) is 2.37. The van der Waals surface area contributed by atoms with Gasteiger partial charge in [0.15, 0.2) is 11.5 Å². The second-order valence-electron chi connectivity index (χ2n) is 3.79. The molecule has 19 heavy (non-hydrogen) atoms. The molecule has 0 radical (unpaired) electrons. The number of rotatable bonds is 5. The first-order chi connectivity index (χ1) is 8.78. The average molecular weight is 278 g/mol. The summed E-state index contributed by atoms with van der Waals surface area (Å²) in [5.74, 6) is -1.02. The molecule has 7 heteroatoms. The number of carboxylic acids is 1. The first-order valence-corrected chi connectivity index (χ1v) is 5.33. The van der Waals surface area contributed by atoms with E-state index in [1.165, 1.54) is 20.3 Å². The smallest absolute Gasteiger partial charge is 0.389 e. The maximum Gasteiger partial charge on any atom is 0.389 e. The number of aromatic carboxylic acids is 1. The van der Waals surface area contributed by atoms with E-state index in [1.807, 2.05) is 0 Å². The fourth-order valence-corrected chi connectivity index (χ4v) is 1.63. The van der Waals surface area contributed by atoms with E-state index < -0.39 is 18.6 Å². The number of carboxylic acid groups (broad SMARTS) is 1. The molecule has 1 aromatic carbocycles. The molecule has 0 aromatic heterocycles. The molecule has 106 valence electrons. The molecule has 0 fully saturated rings. The SMILES string of the molecule is COc1cc(C(=O)O)cc(CCC(F)(F)F)c1OC. The summed E-state index contributed by atoms with van der Waals surface area (Å²) < 4.78 is 46.6. The van der Waals surface area contributed by atoms with Crippen LogP contribution in [-0.4, -0.2) is 31.5 Å². The molecule has 4 nitrogen and oxygen atoms in total. The number of hydrogen-bond donors (Lipinski definition) is 1. The Hall–Kier alpha value is -1.92. The third-order valence-corrected chi connectivity index (χ3v) is 2.48. The number of halogens is 3. The standard InChI is InChI=1S/C12H13F3O4/c1-18-9-6-8(11(16)17)5-7(10(9)19-2)3-4-12(13,14)15/h5-6H,3-4H2,1-2H3,(H,16,17). The van der Waals surface area contributed by atoms with Gasteiger partial charge in [-0.3, -0.25) is 0 Å². The molecular weight excluding hydrogens is 265 g/mol. The number of benzene rings is 1. The summed E-state index contributed by atoms with van der Waals surface area (Å²) in [6.45, 7) is 0. The van der Waals surface area contributed by atoms with Crippen molar-refractivity contribution in [3.8, 4) is 11.5 Å². The van der Waals surface area contributed by atoms with E-state index >= 15 is 0 Å². The minimum atomic E-state index is -4.32. The third-order valence-electron chi connectivity index (χ3n) is 2.48. The predicted octanol–water partition coefficient (Wildman–Crippen LogP) is 2.90. The van der Waals surface area contributed by atoms with Gasteiger partial charge in [-0.1, -0.05) is 0 Å². The number of methoxy groups -OCH3 is 2. The number of alkyl halides is 3. The number of aryl methyl sites for hydroxylation is 1. The minimum absolute atomic E-state index is 0.0968. The van der Waals surface area contributed by atoms with Crippen LogP contribution >= 0.6 is 0 Å². The van der Waals surface area contributed by atoms with Gasteiger partial charge < -0.3 is 14.6 Å². The van der Waals surface area contributed by atoms with Crippen molar-refractivity contribution in [1.29, 1.82) is 0 Å². The Bertz CT molecular complexity index is 469. The quantitative estimate of drug-likeness (QED) is 0.899. The van der Waals surface area contributed by atoms with Crippen LogP contribution in [0.1, 0.15) is 22.3 Å². The van der Waals surface area contributed by atoms with Gasteiger partial charge >= 0.3 is 12.1 Å². The van der Waals surface area contributed by atoms with E-state index in [0.717, 1.165) is 6.07 Å². The second kappa shape index (κ2) is 5.81. The van der Waals surface area contributed by atoms with Crippen molar-refractivity contribution in [2.45, 2.75) is 19.0 Å². The monoisotopic (exact) mass is 278 g/mol. The van der Waals surface area contributed by atoms with Gasteiger partial charge in [0.25, 0.3) is 0 Å². The van der Waals surface area contributed by atoms with Gasteiger partial charge in [-0.2, -0.15) is 13.2 Å². The van der Waals surface area contributed by atoms with E-state index in [0.29, 0.717) is 0 Å². The molecule has 1 aromatic rings. The highest BCUT2D eigenvalue weighted by Crippen LogP contribution is 2.35. The summed E-state index contributed by atoms with van der Waals surface area (Å²) in [7, 11) is 2.58. The van der Waals surface area contributed by atoms with E-state index in [1.54, 1.807) is 0 Å². The molecule has 1 rings (SSSR count). The van der Waals surface area contributed by atoms with Crippen molar-refractivity contribution in [3.05, 3.63) is 23.3 Å². The summed E-state index contributed by atoms with van der Waals surface area (Å²) in [5, 5.41) is 8.90. The zero-order valence-electron chi connectivity index (χ0n) is 10.4. The van der Waals surface area contributed by atoms with Crippen LogP contribution in [0.5, 0.6) is 11.5 Å². The molecule has 0 aliphatic carbocycles. The number of ether oxygens (including phenoxy) is 2. The van der Waals surface area contributed by atoms with Gasteiger partial charge in [0, 0.05) is 6.42 Å². The van der Waals surface area contributed by atoms with Gasteiger partial charge in [-0.05, 0) is 24.1 Å². The van der Waals surface area contributed by atoms with Crippen molar-refractivity contribution < 1.29 is 32.5 Å². The van der Waals surface area contributed by atoms with Gasteiger partial charge in [0.05, 0.1) is 19.8 Å². The third kappa shape index (κ3) is 4.04. The van der Waals surface area contributed by atoms with Crippen molar-refractivity contribution in [3.63, 3.8) is 0 Å². The lowest BCUT2D eigenvalue weighted by molar-refractivity contribution is -0.134. The fourth-order valence-electron chi connectivity index (χ4n) is 1.63. The molecule has 0 aliphatic heterocycles. The molecule has 0 amide bonds. The maximum absolute atomic E-state index is 12.2. The van der Waals surface area contributed by atoms with Gasteiger partial charge in [-0.25, -0.2) is 4.79 Å². The summed E-state index contributed by atoms with van der Waals surface area (Å²) in [4.78, 5) is 10.9. The van der Waals surface area contributed by atoms with Crippen LogP contribution in [0.3, 0.4) is 0 Å². The molecule has 0 unspecified atom stereocenters. The normalized spacial score (nSPS) is 11.2. The van der Waals surface area contributed by atoms with E-state index in [2.05, 4.69) is 0 Å². The molecule has 0 saturated carbocycles. The first kappa shape index (κ1) is 15.1. The minimum Gasteiger partial charge on any atom is -0.493 e. The molecule has 0 atom stereocenters. The topological polar surface area (TPSA) is 55.8 Å². The lowest BCUT2D eigenvalue weighted by atomic mass is 10.0. The Labute approximate surface area is 107 Å². The highest BCUT2D eigenvalue weighted by atomic mass is 19.4. The molecule has 0 aliphatic rings. The second-order valence-corrected chi connectivity index (χ2v) is 3.79. The maximum atomic E-state index is 12.2. The highest BCUT2D eigenvalue weighted by molar-refractivity contribution is 5.89. The molecule has 1 N–H and O–H groups in total. The Kier molecular flexibility index (Phi) is 4.63. The number of hydrogen-bond acceptors (Lipinski definition) is 3. The zero-order valence-corrected chi connectivity index (χ0v) is 10.4. The summed E-state index contributed by atoms with van der Waals surface area (Å²) in [5.41, 5.74) is 0.00593. The first-order valence-electron chi connectivity index (χ1n) is 5.33. The van der Waals surface area contributed by atoms with Crippen molar-refractivity contribution in [2.75, 3.05) is 14.2 Å². The van der Waals surface area contributed by atoms with Crippen LogP contribution < -0.4 is 9.47 Å². The number of carbonyl (C=O) groups is 1. The van der Waals surface area contributed by atoms with Crippen LogP contribution in [0.25, 0.3) is 0 Å².